The predicted octanol–water partition coefficient (Wildman–Crippen LogP) is 4.27. The Kier molecular flexibility index (Phi) is 6.09. The smallest absolute Gasteiger partial charge is 0.349 e. The van der Waals surface area contributed by atoms with Gasteiger partial charge in [0.2, 0.25) is 5.91 Å². The van der Waals surface area contributed by atoms with Crippen molar-refractivity contribution < 1.29 is 18.0 Å². The number of alkyl halides is 3. The van der Waals surface area contributed by atoms with E-state index in [1.54, 1.807) is 13.8 Å². The fourth-order valence-corrected chi connectivity index (χ4v) is 3.42. The first-order valence-corrected chi connectivity index (χ1v) is 9.76. The van der Waals surface area contributed by atoms with Crippen molar-refractivity contribution in [3.63, 3.8) is 0 Å². The second kappa shape index (κ2) is 8.41. The van der Waals surface area contributed by atoms with E-state index in [9.17, 15) is 18.0 Å². The first-order valence-electron chi connectivity index (χ1n) is 9.76. The number of amides is 1. The van der Waals surface area contributed by atoms with E-state index in [4.69, 9.17) is 0 Å². The van der Waals surface area contributed by atoms with Gasteiger partial charge in [0.1, 0.15) is 0 Å². The summed E-state index contributed by atoms with van der Waals surface area (Å²) in [5.41, 5.74) is 3.92. The maximum Gasteiger partial charge on any atom is 0.453 e. The molecule has 0 radical (unpaired) electrons. The lowest BCUT2D eigenvalue weighted by atomic mass is 10.0. The number of nitrogens with one attached hydrogen (secondary N) is 1. The maximum atomic E-state index is 12.9. The second-order valence-corrected chi connectivity index (χ2v) is 7.35. The number of hydrogen-bond acceptors (Lipinski definition) is 4. The Morgan fingerprint density at radius 3 is 2.40 bits per heavy atom. The van der Waals surface area contributed by atoms with Gasteiger partial charge in [-0.25, -0.2) is 9.50 Å². The van der Waals surface area contributed by atoms with Gasteiger partial charge in [-0.15, -0.1) is 5.10 Å². The Morgan fingerprint density at radius 2 is 1.80 bits per heavy atom. The van der Waals surface area contributed by atoms with E-state index in [-0.39, 0.29) is 24.1 Å². The third-order valence-corrected chi connectivity index (χ3v) is 5.13. The maximum absolute atomic E-state index is 12.9. The number of carbonyl (C=O) groups excluding carboxylic acids is 1. The zero-order chi connectivity index (χ0) is 22.1. The molecule has 1 atom stereocenters. The summed E-state index contributed by atoms with van der Waals surface area (Å²) >= 11 is 0. The van der Waals surface area contributed by atoms with E-state index in [0.717, 1.165) is 22.1 Å². The monoisotopic (exact) mass is 419 g/mol. The molecule has 2 heterocycles. The molecule has 9 heteroatoms. The van der Waals surface area contributed by atoms with Crippen LogP contribution in [0.3, 0.4) is 0 Å². The van der Waals surface area contributed by atoms with E-state index in [1.165, 1.54) is 0 Å². The Hall–Kier alpha value is -2.97. The van der Waals surface area contributed by atoms with Crippen LogP contribution >= 0.6 is 0 Å². The van der Waals surface area contributed by atoms with Crippen molar-refractivity contribution in [1.29, 1.82) is 0 Å². The van der Waals surface area contributed by atoms with Gasteiger partial charge in [-0.1, -0.05) is 36.8 Å². The Morgan fingerprint density at radius 1 is 1.13 bits per heavy atom. The summed E-state index contributed by atoms with van der Waals surface area (Å²) in [5.74, 6) is -1.46. The Labute approximate surface area is 172 Å². The number of aromatic nitrogens is 4. The number of hydrogen-bond donors (Lipinski definition) is 1. The predicted molar refractivity (Wildman–Crippen MR) is 106 cm³/mol. The number of aryl methyl sites for hydroxylation is 3. The highest BCUT2D eigenvalue weighted by Gasteiger charge is 2.37. The normalized spacial score (nSPS) is 12.9. The molecule has 0 saturated carbocycles. The van der Waals surface area contributed by atoms with Crippen LogP contribution in [0.25, 0.3) is 5.78 Å². The van der Waals surface area contributed by atoms with Gasteiger partial charge in [0.15, 0.2) is 0 Å². The van der Waals surface area contributed by atoms with Gasteiger partial charge in [-0.05, 0) is 44.7 Å². The van der Waals surface area contributed by atoms with Crippen LogP contribution in [0.4, 0.5) is 13.2 Å². The molecule has 0 aliphatic heterocycles. The first-order chi connectivity index (χ1) is 14.1. The number of rotatable bonds is 6. The fraction of sp³-hybridized carbons (Fsp3) is 0.429. The average Bonchev–Trinajstić information content (AvgIpc) is 3.11. The molecule has 3 aromatic rings. The lowest BCUT2D eigenvalue weighted by Crippen LogP contribution is -2.28. The van der Waals surface area contributed by atoms with Crippen LogP contribution < -0.4 is 5.32 Å². The standard InChI is InChI=1S/C21H24F3N5O/c1-5-17(15-8-6-12(2)7-9-15)26-18(30)11-10-16-13(3)25-20-27-19(21(22,23)24)28-29(20)14(16)4/h6-9,17H,5,10-11H2,1-4H3,(H,26,30). The molecule has 1 unspecified atom stereocenters. The van der Waals surface area contributed by atoms with Gasteiger partial charge in [0.05, 0.1) is 6.04 Å². The molecule has 1 aromatic carbocycles. The van der Waals surface area contributed by atoms with Gasteiger partial charge in [-0.2, -0.15) is 18.2 Å². The fourth-order valence-electron chi connectivity index (χ4n) is 3.42. The minimum atomic E-state index is -4.64. The summed E-state index contributed by atoms with van der Waals surface area (Å²) < 4.78 is 39.8. The minimum absolute atomic E-state index is 0.0921. The number of halogens is 3. The Bertz CT molecular complexity index is 1060. The molecule has 1 N–H and O–H groups in total. The van der Waals surface area contributed by atoms with E-state index in [1.807, 2.05) is 38.1 Å². The van der Waals surface area contributed by atoms with Crippen molar-refractivity contribution >= 4 is 11.7 Å². The summed E-state index contributed by atoms with van der Waals surface area (Å²) in [4.78, 5) is 20.1. The van der Waals surface area contributed by atoms with Crippen molar-refractivity contribution in [1.82, 2.24) is 24.9 Å². The highest BCUT2D eigenvalue weighted by Crippen LogP contribution is 2.27. The van der Waals surface area contributed by atoms with Crippen LogP contribution in [0, 0.1) is 20.8 Å². The number of fused-ring (bicyclic) bond motifs is 1. The zero-order valence-corrected chi connectivity index (χ0v) is 17.3. The second-order valence-electron chi connectivity index (χ2n) is 7.35. The summed E-state index contributed by atoms with van der Waals surface area (Å²) in [5, 5.41) is 6.57. The van der Waals surface area contributed by atoms with Gasteiger partial charge in [0.25, 0.3) is 11.6 Å². The van der Waals surface area contributed by atoms with Crippen molar-refractivity contribution in [2.75, 3.05) is 0 Å². The summed E-state index contributed by atoms with van der Waals surface area (Å²) in [6.45, 7) is 7.36. The number of carbonyl (C=O) groups is 1. The van der Waals surface area contributed by atoms with Crippen molar-refractivity contribution in [3.8, 4) is 0 Å². The van der Waals surface area contributed by atoms with Crippen LogP contribution in [0.15, 0.2) is 24.3 Å². The van der Waals surface area contributed by atoms with Gasteiger partial charge >= 0.3 is 6.18 Å². The molecular weight excluding hydrogens is 395 g/mol. The molecule has 1 amide bonds. The zero-order valence-electron chi connectivity index (χ0n) is 17.3. The van der Waals surface area contributed by atoms with Gasteiger partial charge in [0, 0.05) is 17.8 Å². The molecule has 2 aromatic heterocycles. The SMILES string of the molecule is CCC(NC(=O)CCc1c(C)nc2nc(C(F)(F)F)nn2c1C)c1ccc(C)cc1. The highest BCUT2D eigenvalue weighted by atomic mass is 19.4. The molecule has 0 spiro atoms. The van der Waals surface area contributed by atoms with Crippen molar-refractivity contribution in [3.05, 3.63) is 58.2 Å². The molecule has 0 saturated heterocycles. The molecule has 3 rings (SSSR count). The third kappa shape index (κ3) is 4.60. The van der Waals surface area contributed by atoms with Crippen molar-refractivity contribution in [2.45, 2.75) is 59.2 Å². The molecule has 6 nitrogen and oxygen atoms in total. The molecule has 0 aliphatic rings. The van der Waals surface area contributed by atoms with E-state index in [2.05, 4.69) is 20.4 Å². The van der Waals surface area contributed by atoms with Crippen LogP contribution in [-0.4, -0.2) is 25.5 Å². The van der Waals surface area contributed by atoms with Crippen molar-refractivity contribution in [2.24, 2.45) is 0 Å². The van der Waals surface area contributed by atoms with Crippen LogP contribution in [0.1, 0.15) is 59.7 Å². The van der Waals surface area contributed by atoms with E-state index < -0.39 is 12.0 Å². The van der Waals surface area contributed by atoms with Gasteiger partial charge < -0.3 is 5.32 Å². The van der Waals surface area contributed by atoms with E-state index >= 15 is 0 Å². The first kappa shape index (κ1) is 21.7. The lowest BCUT2D eigenvalue weighted by molar-refractivity contribution is -0.144. The summed E-state index contributed by atoms with van der Waals surface area (Å²) in [6, 6.07) is 7.92. The molecule has 30 heavy (non-hydrogen) atoms. The van der Waals surface area contributed by atoms with Crippen LogP contribution in [0.5, 0.6) is 0 Å². The number of benzene rings is 1. The molecular formula is C21H24F3N5O. The third-order valence-electron chi connectivity index (χ3n) is 5.13. The quantitative estimate of drug-likeness (QED) is 0.648. The summed E-state index contributed by atoms with van der Waals surface area (Å²) in [6.07, 6.45) is -3.35. The topological polar surface area (TPSA) is 72.2 Å². The molecule has 160 valence electrons. The number of nitrogens with zero attached hydrogens (tertiary/aromatic N) is 4. The molecule has 0 bridgehead atoms. The van der Waals surface area contributed by atoms with E-state index in [0.29, 0.717) is 23.4 Å². The van der Waals surface area contributed by atoms with Gasteiger partial charge in [-0.3, -0.25) is 4.79 Å². The minimum Gasteiger partial charge on any atom is -0.349 e. The Balaban J connectivity index is 1.74. The highest BCUT2D eigenvalue weighted by molar-refractivity contribution is 5.76. The average molecular weight is 419 g/mol. The molecule has 0 fully saturated rings. The van der Waals surface area contributed by atoms with Crippen LogP contribution in [0.2, 0.25) is 0 Å². The molecule has 0 aliphatic carbocycles. The summed E-state index contributed by atoms with van der Waals surface area (Å²) in [7, 11) is 0. The van der Waals surface area contributed by atoms with Crippen LogP contribution in [-0.2, 0) is 17.4 Å². The largest absolute Gasteiger partial charge is 0.453 e. The lowest BCUT2D eigenvalue weighted by Gasteiger charge is -2.18.